The summed E-state index contributed by atoms with van der Waals surface area (Å²) in [5, 5.41) is 11.2. The van der Waals surface area contributed by atoms with Gasteiger partial charge in [0.15, 0.2) is 0 Å². The van der Waals surface area contributed by atoms with Crippen LogP contribution in [0.4, 0.5) is 16.2 Å². The van der Waals surface area contributed by atoms with Gasteiger partial charge in [-0.2, -0.15) is 5.26 Å². The summed E-state index contributed by atoms with van der Waals surface area (Å²) in [6.07, 6.45) is 1.49. The molecule has 2 aliphatic rings. The number of hydrogen-bond donors (Lipinski definition) is 1. The number of morpholine rings is 1. The Labute approximate surface area is 217 Å². The average Bonchev–Trinajstić information content (AvgIpc) is 3.50. The number of anilines is 2. The van der Waals surface area contributed by atoms with Crippen molar-refractivity contribution in [3.63, 3.8) is 0 Å². The van der Waals surface area contributed by atoms with Crippen LogP contribution >= 0.6 is 11.8 Å². The van der Waals surface area contributed by atoms with Crippen LogP contribution in [0.5, 0.6) is 0 Å². The Kier molecular flexibility index (Phi) is 7.07. The number of benzene rings is 2. The van der Waals surface area contributed by atoms with E-state index in [9.17, 15) is 14.4 Å². The van der Waals surface area contributed by atoms with E-state index in [0.29, 0.717) is 36.0 Å². The first-order valence-electron chi connectivity index (χ1n) is 11.6. The van der Waals surface area contributed by atoms with Crippen LogP contribution in [-0.4, -0.2) is 54.8 Å². The lowest BCUT2D eigenvalue weighted by molar-refractivity contribution is -0.127. The summed E-state index contributed by atoms with van der Waals surface area (Å²) in [7, 11) is 0. The lowest BCUT2D eigenvalue weighted by Gasteiger charge is -2.28. The summed E-state index contributed by atoms with van der Waals surface area (Å²) < 4.78 is 11.2. The molecule has 9 nitrogen and oxygen atoms in total. The fraction of sp³-hybridized carbons (Fsp3) is 0.185. The largest absolute Gasteiger partial charge is 0.457 e. The van der Waals surface area contributed by atoms with Gasteiger partial charge in [0.25, 0.3) is 11.1 Å². The molecule has 3 aromatic rings. The van der Waals surface area contributed by atoms with Crippen LogP contribution < -0.4 is 10.2 Å². The van der Waals surface area contributed by atoms with Crippen molar-refractivity contribution in [2.75, 3.05) is 43.1 Å². The van der Waals surface area contributed by atoms with E-state index in [1.807, 2.05) is 12.1 Å². The van der Waals surface area contributed by atoms with Crippen LogP contribution in [0.1, 0.15) is 11.3 Å². The third kappa shape index (κ3) is 5.58. The topological polar surface area (TPSA) is 116 Å². The fourth-order valence-corrected chi connectivity index (χ4v) is 4.80. The molecule has 2 saturated heterocycles. The van der Waals surface area contributed by atoms with Crippen molar-refractivity contribution in [3.8, 4) is 17.4 Å². The Bertz CT molecular complexity index is 1400. The zero-order chi connectivity index (χ0) is 25.8. The highest BCUT2D eigenvalue weighted by Gasteiger charge is 2.36. The molecule has 186 valence electrons. The molecule has 0 unspecified atom stereocenters. The highest BCUT2D eigenvalue weighted by atomic mass is 32.2. The molecular formula is C27H22N4O5S. The van der Waals surface area contributed by atoms with Gasteiger partial charge < -0.3 is 19.4 Å². The van der Waals surface area contributed by atoms with E-state index >= 15 is 0 Å². The number of thioether (sulfide) groups is 1. The molecule has 37 heavy (non-hydrogen) atoms. The molecule has 0 aliphatic carbocycles. The number of hydrogen-bond acceptors (Lipinski definition) is 8. The maximum absolute atomic E-state index is 12.8. The van der Waals surface area contributed by atoms with Crippen molar-refractivity contribution >= 4 is 46.3 Å². The van der Waals surface area contributed by atoms with Gasteiger partial charge in [-0.25, -0.2) is 0 Å². The molecule has 2 aliphatic heterocycles. The Morgan fingerprint density at radius 1 is 1.03 bits per heavy atom. The van der Waals surface area contributed by atoms with E-state index in [0.717, 1.165) is 41.0 Å². The monoisotopic (exact) mass is 514 g/mol. The Morgan fingerprint density at radius 3 is 2.46 bits per heavy atom. The summed E-state index contributed by atoms with van der Waals surface area (Å²) in [4.78, 5) is 41.1. The van der Waals surface area contributed by atoms with Crippen molar-refractivity contribution in [2.45, 2.75) is 0 Å². The molecule has 3 heterocycles. The zero-order valence-corrected chi connectivity index (χ0v) is 20.5. The number of rotatable bonds is 6. The minimum absolute atomic E-state index is 0.174. The zero-order valence-electron chi connectivity index (χ0n) is 19.7. The summed E-state index contributed by atoms with van der Waals surface area (Å²) in [6.45, 7) is 2.61. The number of nitrogens with zero attached hydrogens (tertiary/aromatic N) is 3. The lowest BCUT2D eigenvalue weighted by atomic mass is 10.1. The molecule has 0 spiro atoms. The molecule has 2 fully saturated rings. The fourth-order valence-electron chi connectivity index (χ4n) is 3.98. The second kappa shape index (κ2) is 10.7. The van der Waals surface area contributed by atoms with E-state index in [4.69, 9.17) is 14.4 Å². The van der Waals surface area contributed by atoms with Gasteiger partial charge in [0.05, 0.1) is 29.8 Å². The van der Waals surface area contributed by atoms with Gasteiger partial charge in [0.1, 0.15) is 18.1 Å². The number of carbonyl (C=O) groups excluding carboxylic acids is 3. The van der Waals surface area contributed by atoms with Gasteiger partial charge in [0.2, 0.25) is 5.91 Å². The lowest BCUT2D eigenvalue weighted by Crippen LogP contribution is -2.36. The van der Waals surface area contributed by atoms with Crippen LogP contribution in [0.2, 0.25) is 0 Å². The van der Waals surface area contributed by atoms with Gasteiger partial charge in [-0.05, 0) is 72.4 Å². The first kappa shape index (κ1) is 24.4. The van der Waals surface area contributed by atoms with E-state index < -0.39 is 17.1 Å². The number of furan rings is 1. The Morgan fingerprint density at radius 2 is 1.76 bits per heavy atom. The first-order chi connectivity index (χ1) is 18.0. The van der Waals surface area contributed by atoms with Crippen LogP contribution in [0, 0.1) is 11.3 Å². The van der Waals surface area contributed by atoms with Gasteiger partial charge in [-0.3, -0.25) is 19.3 Å². The van der Waals surface area contributed by atoms with Gasteiger partial charge >= 0.3 is 0 Å². The number of amides is 3. The minimum Gasteiger partial charge on any atom is -0.457 e. The van der Waals surface area contributed by atoms with Gasteiger partial charge in [-0.1, -0.05) is 0 Å². The standard InChI is InChI=1S/C27H22N4O5S/c28-16-18-1-3-19(4-2-18)23-10-9-22(36-23)15-24-26(33)31(27(34)37-24)17-25(32)29-20-5-7-21(8-6-20)30-11-13-35-14-12-30/h1-10,15H,11-14,17H2,(H,29,32)/b24-15-. The number of nitrogens with one attached hydrogen (secondary N) is 1. The average molecular weight is 515 g/mol. The van der Waals surface area contributed by atoms with Crippen molar-refractivity contribution in [1.29, 1.82) is 5.26 Å². The van der Waals surface area contributed by atoms with E-state index in [1.165, 1.54) is 6.08 Å². The van der Waals surface area contributed by atoms with E-state index in [-0.39, 0.29) is 11.4 Å². The summed E-state index contributed by atoms with van der Waals surface area (Å²) in [5.74, 6) is -0.0587. The summed E-state index contributed by atoms with van der Waals surface area (Å²) in [6, 6.07) is 19.8. The molecule has 1 aromatic heterocycles. The van der Waals surface area contributed by atoms with Crippen molar-refractivity contribution in [2.24, 2.45) is 0 Å². The van der Waals surface area contributed by atoms with Crippen molar-refractivity contribution in [3.05, 3.63) is 76.9 Å². The number of ether oxygens (including phenoxy) is 1. The van der Waals surface area contributed by atoms with Crippen molar-refractivity contribution in [1.82, 2.24) is 4.90 Å². The number of carbonyl (C=O) groups is 3. The normalized spacial score (nSPS) is 16.8. The van der Waals surface area contributed by atoms with E-state index in [1.54, 1.807) is 48.5 Å². The minimum atomic E-state index is -0.552. The smallest absolute Gasteiger partial charge is 0.294 e. The highest BCUT2D eigenvalue weighted by molar-refractivity contribution is 8.18. The molecule has 0 saturated carbocycles. The molecular weight excluding hydrogens is 492 g/mol. The van der Waals surface area contributed by atoms with E-state index in [2.05, 4.69) is 16.3 Å². The second-order valence-corrected chi connectivity index (χ2v) is 9.35. The number of nitriles is 1. The Balaban J connectivity index is 1.20. The SMILES string of the molecule is N#Cc1ccc(-c2ccc(/C=C3\SC(=O)N(CC(=O)Nc4ccc(N5CCOCC5)cc4)C3=O)o2)cc1. The van der Waals surface area contributed by atoms with Crippen LogP contribution in [-0.2, 0) is 14.3 Å². The third-order valence-corrected chi connectivity index (χ3v) is 6.81. The summed E-state index contributed by atoms with van der Waals surface area (Å²) >= 11 is 0.759. The van der Waals surface area contributed by atoms with Crippen LogP contribution in [0.25, 0.3) is 17.4 Å². The molecule has 0 atom stereocenters. The maximum Gasteiger partial charge on any atom is 0.294 e. The third-order valence-electron chi connectivity index (χ3n) is 5.90. The molecule has 2 aromatic carbocycles. The highest BCUT2D eigenvalue weighted by Crippen LogP contribution is 2.33. The van der Waals surface area contributed by atoms with Gasteiger partial charge in [-0.15, -0.1) is 0 Å². The predicted molar refractivity (Wildman–Crippen MR) is 140 cm³/mol. The van der Waals surface area contributed by atoms with Crippen molar-refractivity contribution < 1.29 is 23.5 Å². The molecule has 1 N–H and O–H groups in total. The molecule has 5 rings (SSSR count). The predicted octanol–water partition coefficient (Wildman–Crippen LogP) is 4.33. The van der Waals surface area contributed by atoms with Crippen LogP contribution in [0.3, 0.4) is 0 Å². The quantitative estimate of drug-likeness (QED) is 0.483. The van der Waals surface area contributed by atoms with Gasteiger partial charge in [0, 0.05) is 36.1 Å². The Hall–Kier alpha value is -4.33. The molecule has 0 radical (unpaired) electrons. The first-order valence-corrected chi connectivity index (χ1v) is 12.4. The number of imide groups is 1. The van der Waals surface area contributed by atoms with Crippen LogP contribution in [0.15, 0.2) is 70.0 Å². The maximum atomic E-state index is 12.8. The molecule has 10 heteroatoms. The molecule has 0 bridgehead atoms. The molecule has 3 amide bonds. The summed E-state index contributed by atoms with van der Waals surface area (Å²) in [5.41, 5.74) is 2.94. The second-order valence-electron chi connectivity index (χ2n) is 8.35.